The molecule has 0 unspecified atom stereocenters. The van der Waals surface area contributed by atoms with Gasteiger partial charge in [0, 0.05) is 16.0 Å². The van der Waals surface area contributed by atoms with Gasteiger partial charge >= 0.3 is 0 Å². The van der Waals surface area contributed by atoms with Crippen molar-refractivity contribution in [1.82, 2.24) is 0 Å². The van der Waals surface area contributed by atoms with E-state index in [0.717, 1.165) is 4.90 Å². The number of halogens is 1. The zero-order valence-electron chi connectivity index (χ0n) is 8.12. The van der Waals surface area contributed by atoms with Gasteiger partial charge in [-0.2, -0.15) is 0 Å². The number of thioether (sulfide) groups is 1. The number of rotatable bonds is 1. The molecule has 0 fully saturated rings. The first kappa shape index (κ1) is 10.6. The van der Waals surface area contributed by atoms with Crippen molar-refractivity contribution in [2.45, 2.75) is 4.90 Å². The van der Waals surface area contributed by atoms with Crippen LogP contribution >= 0.6 is 23.4 Å². The molecule has 1 aromatic rings. The predicted octanol–water partition coefficient (Wildman–Crippen LogP) is 3.11. The number of carbonyl (C=O) groups is 1. The molecule has 1 aliphatic heterocycles. The lowest BCUT2D eigenvalue weighted by molar-refractivity contribution is 0.0999. The largest absolute Gasteiger partial charge is 0.488 e. The molecule has 1 aliphatic rings. The van der Waals surface area contributed by atoms with E-state index in [1.165, 1.54) is 5.54 Å². The topological polar surface area (TPSA) is 26.3 Å². The number of fused-ring (bicyclic) bond motifs is 1. The summed E-state index contributed by atoms with van der Waals surface area (Å²) in [5, 5.41) is 0. The van der Waals surface area contributed by atoms with Crippen LogP contribution in [0.5, 0.6) is 5.75 Å². The van der Waals surface area contributed by atoms with Gasteiger partial charge in [-0.3, -0.25) is 4.79 Å². The first-order valence-corrected chi connectivity index (χ1v) is 6.07. The summed E-state index contributed by atoms with van der Waals surface area (Å²) in [7, 11) is 0. The molecule has 0 bridgehead atoms. The average molecular weight is 241 g/mol. The summed E-state index contributed by atoms with van der Waals surface area (Å²) in [6, 6.07) is 5.60. The smallest absolute Gasteiger partial charge is 0.197 e. The van der Waals surface area contributed by atoms with Crippen molar-refractivity contribution in [2.75, 3.05) is 12.9 Å². The lowest BCUT2D eigenvalue weighted by atomic mass is 10.0. The highest BCUT2D eigenvalue weighted by Gasteiger charge is 2.23. The monoisotopic (exact) mass is 240 g/mol. The van der Waals surface area contributed by atoms with E-state index in [0.29, 0.717) is 16.9 Å². The van der Waals surface area contributed by atoms with Gasteiger partial charge in [-0.1, -0.05) is 11.6 Å². The van der Waals surface area contributed by atoms with Crippen LogP contribution in [0.25, 0.3) is 0 Å². The molecule has 0 radical (unpaired) electrons. The zero-order chi connectivity index (χ0) is 10.8. The SMILES string of the molecule is CSc1ccc2c(c1)C(=O)/C(=C\Cl)CO2. The molecule has 0 saturated heterocycles. The van der Waals surface area contributed by atoms with E-state index >= 15 is 0 Å². The Labute approximate surface area is 97.3 Å². The second-order valence-corrected chi connectivity index (χ2v) is 4.21. The molecule has 1 aromatic carbocycles. The summed E-state index contributed by atoms with van der Waals surface area (Å²) in [6.07, 6.45) is 1.97. The number of Topliss-reactive ketones (excluding diaryl/α,β-unsaturated/α-hetero) is 1. The van der Waals surface area contributed by atoms with Crippen LogP contribution in [0.4, 0.5) is 0 Å². The second-order valence-electron chi connectivity index (χ2n) is 3.11. The molecule has 1 heterocycles. The Hall–Kier alpha value is -0.930. The van der Waals surface area contributed by atoms with Gasteiger partial charge in [-0.25, -0.2) is 0 Å². The van der Waals surface area contributed by atoms with Crippen LogP contribution in [-0.4, -0.2) is 18.6 Å². The van der Waals surface area contributed by atoms with E-state index in [9.17, 15) is 4.79 Å². The third-order valence-electron chi connectivity index (χ3n) is 2.24. The van der Waals surface area contributed by atoms with Gasteiger partial charge in [0.25, 0.3) is 0 Å². The summed E-state index contributed by atoms with van der Waals surface area (Å²) in [5.41, 5.74) is 2.39. The Morgan fingerprint density at radius 2 is 2.33 bits per heavy atom. The van der Waals surface area contributed by atoms with E-state index < -0.39 is 0 Å². The van der Waals surface area contributed by atoms with Gasteiger partial charge in [-0.05, 0) is 24.5 Å². The fraction of sp³-hybridized carbons (Fsp3) is 0.182. The first-order chi connectivity index (χ1) is 7.26. The Bertz CT molecular complexity index is 440. The van der Waals surface area contributed by atoms with Gasteiger partial charge in [0.05, 0.1) is 5.56 Å². The van der Waals surface area contributed by atoms with Crippen LogP contribution in [0, 0.1) is 0 Å². The fourth-order valence-electron chi connectivity index (χ4n) is 1.41. The number of benzene rings is 1. The molecule has 15 heavy (non-hydrogen) atoms. The van der Waals surface area contributed by atoms with E-state index in [1.54, 1.807) is 11.8 Å². The molecule has 0 amide bonds. The Morgan fingerprint density at radius 3 is 3.00 bits per heavy atom. The molecular formula is C11H9ClO2S. The van der Waals surface area contributed by atoms with E-state index in [4.69, 9.17) is 16.3 Å². The minimum Gasteiger partial charge on any atom is -0.488 e. The molecule has 0 saturated carbocycles. The highest BCUT2D eigenvalue weighted by molar-refractivity contribution is 7.98. The minimum atomic E-state index is -0.0397. The molecule has 0 aromatic heterocycles. The average Bonchev–Trinajstić information content (AvgIpc) is 2.29. The van der Waals surface area contributed by atoms with Crippen molar-refractivity contribution in [2.24, 2.45) is 0 Å². The molecule has 2 rings (SSSR count). The molecule has 4 heteroatoms. The normalized spacial score (nSPS) is 17.5. The Kier molecular flexibility index (Phi) is 3.03. The lowest BCUT2D eigenvalue weighted by Gasteiger charge is -2.18. The predicted molar refractivity (Wildman–Crippen MR) is 62.0 cm³/mol. The maximum atomic E-state index is 11.9. The van der Waals surface area contributed by atoms with Crippen molar-refractivity contribution in [1.29, 1.82) is 0 Å². The number of carbonyl (C=O) groups excluding carboxylic acids is 1. The van der Waals surface area contributed by atoms with Crippen molar-refractivity contribution >= 4 is 29.1 Å². The van der Waals surface area contributed by atoms with Crippen molar-refractivity contribution in [3.63, 3.8) is 0 Å². The maximum absolute atomic E-state index is 11.9. The standard InChI is InChI=1S/C11H9ClO2S/c1-15-8-2-3-10-9(4-8)11(13)7(5-12)6-14-10/h2-5H,6H2,1H3/b7-5-. The van der Waals surface area contributed by atoms with Crippen LogP contribution < -0.4 is 4.74 Å². The van der Waals surface area contributed by atoms with Gasteiger partial charge in [-0.15, -0.1) is 11.8 Å². The highest BCUT2D eigenvalue weighted by atomic mass is 35.5. The van der Waals surface area contributed by atoms with Gasteiger partial charge in [0.2, 0.25) is 0 Å². The summed E-state index contributed by atoms with van der Waals surface area (Å²) in [4.78, 5) is 12.9. The van der Waals surface area contributed by atoms with Crippen LogP contribution in [0.2, 0.25) is 0 Å². The van der Waals surface area contributed by atoms with Crippen molar-refractivity contribution in [3.8, 4) is 5.75 Å². The van der Waals surface area contributed by atoms with Crippen LogP contribution in [-0.2, 0) is 0 Å². The third kappa shape index (κ3) is 1.90. The fourth-order valence-corrected chi connectivity index (χ4v) is 2.02. The Morgan fingerprint density at radius 1 is 1.53 bits per heavy atom. The van der Waals surface area contributed by atoms with Gasteiger partial charge < -0.3 is 4.74 Å². The Balaban J connectivity index is 2.49. The lowest BCUT2D eigenvalue weighted by Crippen LogP contribution is -2.18. The third-order valence-corrected chi connectivity index (χ3v) is 3.23. The number of ketones is 1. The first-order valence-electron chi connectivity index (χ1n) is 4.41. The van der Waals surface area contributed by atoms with E-state index in [2.05, 4.69) is 0 Å². The minimum absolute atomic E-state index is 0.0397. The summed E-state index contributed by atoms with van der Waals surface area (Å²) < 4.78 is 5.41. The number of hydrogen-bond donors (Lipinski definition) is 0. The van der Waals surface area contributed by atoms with Gasteiger partial charge in [0.15, 0.2) is 5.78 Å². The molecular weight excluding hydrogens is 232 g/mol. The van der Waals surface area contributed by atoms with E-state index in [-0.39, 0.29) is 12.4 Å². The molecule has 2 nitrogen and oxygen atoms in total. The molecule has 0 aliphatic carbocycles. The molecule has 0 N–H and O–H groups in total. The summed E-state index contributed by atoms with van der Waals surface area (Å²) in [6.45, 7) is 0.258. The molecule has 0 atom stereocenters. The maximum Gasteiger partial charge on any atom is 0.197 e. The summed E-state index contributed by atoms with van der Waals surface area (Å²) in [5.74, 6) is 0.599. The van der Waals surface area contributed by atoms with Crippen molar-refractivity contribution in [3.05, 3.63) is 34.9 Å². The van der Waals surface area contributed by atoms with Crippen LogP contribution in [0.3, 0.4) is 0 Å². The number of ether oxygens (including phenoxy) is 1. The van der Waals surface area contributed by atoms with Crippen LogP contribution in [0.1, 0.15) is 10.4 Å². The highest BCUT2D eigenvalue weighted by Crippen LogP contribution is 2.30. The van der Waals surface area contributed by atoms with Gasteiger partial charge in [0.1, 0.15) is 12.4 Å². The second kappa shape index (κ2) is 4.29. The van der Waals surface area contributed by atoms with Crippen molar-refractivity contribution < 1.29 is 9.53 Å². The molecule has 78 valence electrons. The van der Waals surface area contributed by atoms with Crippen LogP contribution in [0.15, 0.2) is 34.2 Å². The zero-order valence-corrected chi connectivity index (χ0v) is 9.69. The molecule has 0 spiro atoms. The van der Waals surface area contributed by atoms with E-state index in [1.807, 2.05) is 24.5 Å². The number of hydrogen-bond acceptors (Lipinski definition) is 3. The summed E-state index contributed by atoms with van der Waals surface area (Å²) >= 11 is 7.14. The quantitative estimate of drug-likeness (QED) is 0.557.